The summed E-state index contributed by atoms with van der Waals surface area (Å²) in [7, 11) is 0. The molecule has 0 radical (unpaired) electrons. The molecule has 1 fully saturated rings. The third kappa shape index (κ3) is 2.65. The molecule has 1 heterocycles. The first-order chi connectivity index (χ1) is 7.25. The van der Waals surface area contributed by atoms with Gasteiger partial charge < -0.3 is 5.32 Å². The third-order valence-corrected chi connectivity index (χ3v) is 2.84. The van der Waals surface area contributed by atoms with Gasteiger partial charge in [0.05, 0.1) is 0 Å². The molecule has 1 aromatic heterocycles. The summed E-state index contributed by atoms with van der Waals surface area (Å²) in [5.74, 6) is 0.472. The second kappa shape index (κ2) is 4.57. The lowest BCUT2D eigenvalue weighted by Gasteiger charge is -2.25. The van der Waals surface area contributed by atoms with Crippen LogP contribution in [-0.2, 0) is 0 Å². The monoisotopic (exact) mass is 225 g/mol. The summed E-state index contributed by atoms with van der Waals surface area (Å²) in [5, 5.41) is 10.5. The number of carbonyl (C=O) groups excluding carboxylic acids is 1. The van der Waals surface area contributed by atoms with Crippen molar-refractivity contribution >= 4 is 17.5 Å². The maximum atomic E-state index is 11.5. The molecule has 1 N–H and O–H groups in total. The van der Waals surface area contributed by atoms with E-state index in [0.29, 0.717) is 16.8 Å². The number of rotatable bonds is 3. The summed E-state index contributed by atoms with van der Waals surface area (Å²) in [5.41, 5.74) is 0.318. The van der Waals surface area contributed by atoms with Crippen LogP contribution in [0, 0.1) is 5.92 Å². The Morgan fingerprint density at radius 2 is 2.27 bits per heavy atom. The van der Waals surface area contributed by atoms with Gasteiger partial charge in [-0.3, -0.25) is 4.79 Å². The highest BCUT2D eigenvalue weighted by atomic mass is 35.5. The molecule has 1 aliphatic carbocycles. The van der Waals surface area contributed by atoms with Crippen molar-refractivity contribution < 1.29 is 4.79 Å². The minimum atomic E-state index is -0.175. The Kier molecular flexibility index (Phi) is 3.16. The molecule has 4 nitrogen and oxygen atoms in total. The predicted octanol–water partition coefficient (Wildman–Crippen LogP) is 1.66. The molecular formula is C10H12ClN3O. The minimum absolute atomic E-state index is 0.175. The van der Waals surface area contributed by atoms with Crippen LogP contribution in [0.25, 0.3) is 0 Å². The van der Waals surface area contributed by atoms with Gasteiger partial charge in [-0.1, -0.05) is 18.0 Å². The molecule has 80 valence electrons. The third-order valence-electron chi connectivity index (χ3n) is 2.64. The average Bonchev–Trinajstić information content (AvgIpc) is 2.16. The van der Waals surface area contributed by atoms with Crippen LogP contribution < -0.4 is 5.32 Å². The number of aromatic nitrogens is 2. The van der Waals surface area contributed by atoms with E-state index < -0.39 is 0 Å². The summed E-state index contributed by atoms with van der Waals surface area (Å²) < 4.78 is 0. The van der Waals surface area contributed by atoms with Crippen LogP contribution in [0.3, 0.4) is 0 Å². The van der Waals surface area contributed by atoms with E-state index in [1.54, 1.807) is 12.1 Å². The molecule has 0 atom stereocenters. The Morgan fingerprint density at radius 1 is 1.47 bits per heavy atom. The first-order valence-electron chi connectivity index (χ1n) is 5.03. The van der Waals surface area contributed by atoms with Crippen LogP contribution in [0.5, 0.6) is 0 Å². The van der Waals surface area contributed by atoms with Crippen LogP contribution in [0.2, 0.25) is 5.15 Å². The summed E-state index contributed by atoms with van der Waals surface area (Å²) in [4.78, 5) is 11.5. The first kappa shape index (κ1) is 10.4. The molecular weight excluding hydrogens is 214 g/mol. The lowest BCUT2D eigenvalue weighted by Crippen LogP contribution is -2.32. The molecule has 1 aliphatic rings. The molecule has 15 heavy (non-hydrogen) atoms. The van der Waals surface area contributed by atoms with Crippen molar-refractivity contribution in [3.63, 3.8) is 0 Å². The lowest BCUT2D eigenvalue weighted by molar-refractivity contribution is 0.0933. The number of amides is 1. The molecule has 0 saturated heterocycles. The van der Waals surface area contributed by atoms with E-state index in [9.17, 15) is 4.79 Å². The number of carbonyl (C=O) groups is 1. The van der Waals surface area contributed by atoms with Gasteiger partial charge in [0.1, 0.15) is 0 Å². The molecule has 0 bridgehead atoms. The fourth-order valence-electron chi connectivity index (χ4n) is 1.46. The van der Waals surface area contributed by atoms with Gasteiger partial charge in [-0.25, -0.2) is 0 Å². The van der Waals surface area contributed by atoms with E-state index in [4.69, 9.17) is 11.6 Å². The van der Waals surface area contributed by atoms with Gasteiger partial charge in [-0.2, -0.15) is 0 Å². The van der Waals surface area contributed by atoms with Crippen LogP contribution in [0.15, 0.2) is 12.1 Å². The highest BCUT2D eigenvalue weighted by Crippen LogP contribution is 2.25. The zero-order chi connectivity index (χ0) is 10.7. The van der Waals surface area contributed by atoms with Crippen molar-refractivity contribution in [1.29, 1.82) is 0 Å². The summed E-state index contributed by atoms with van der Waals surface area (Å²) in [6.07, 6.45) is 3.71. The standard InChI is InChI=1S/C10H12ClN3O/c11-9-5-4-8(13-14-9)10(15)12-6-7-2-1-3-7/h4-5,7H,1-3,6H2,(H,12,15). The van der Waals surface area contributed by atoms with E-state index in [1.807, 2.05) is 0 Å². The number of hydrogen-bond acceptors (Lipinski definition) is 3. The Hall–Kier alpha value is -1.16. The lowest BCUT2D eigenvalue weighted by atomic mass is 9.85. The summed E-state index contributed by atoms with van der Waals surface area (Å²) >= 11 is 5.57. The van der Waals surface area contributed by atoms with E-state index in [2.05, 4.69) is 15.5 Å². The quantitative estimate of drug-likeness (QED) is 0.851. The average molecular weight is 226 g/mol. The molecule has 0 aliphatic heterocycles. The predicted molar refractivity (Wildman–Crippen MR) is 56.7 cm³/mol. The van der Waals surface area contributed by atoms with Crippen molar-refractivity contribution in [3.8, 4) is 0 Å². The molecule has 5 heteroatoms. The maximum absolute atomic E-state index is 11.5. The second-order valence-corrected chi connectivity index (χ2v) is 4.14. The van der Waals surface area contributed by atoms with Crippen molar-refractivity contribution in [3.05, 3.63) is 23.0 Å². The molecule has 0 unspecified atom stereocenters. The first-order valence-corrected chi connectivity index (χ1v) is 5.41. The molecule has 1 amide bonds. The van der Waals surface area contributed by atoms with Gasteiger partial charge in [0, 0.05) is 6.54 Å². The fourth-order valence-corrected chi connectivity index (χ4v) is 1.56. The van der Waals surface area contributed by atoms with Crippen molar-refractivity contribution in [1.82, 2.24) is 15.5 Å². The molecule has 0 spiro atoms. The van der Waals surface area contributed by atoms with Gasteiger partial charge in [0.2, 0.25) is 0 Å². The number of hydrogen-bond donors (Lipinski definition) is 1. The molecule has 1 saturated carbocycles. The maximum Gasteiger partial charge on any atom is 0.271 e. The topological polar surface area (TPSA) is 54.9 Å². The zero-order valence-corrected chi connectivity index (χ0v) is 9.00. The van der Waals surface area contributed by atoms with Crippen LogP contribution in [-0.4, -0.2) is 22.6 Å². The highest BCUT2D eigenvalue weighted by molar-refractivity contribution is 6.29. The number of nitrogens with zero attached hydrogens (tertiary/aromatic N) is 2. The Labute approximate surface area is 93.0 Å². The van der Waals surface area contributed by atoms with Crippen LogP contribution in [0.4, 0.5) is 0 Å². The smallest absolute Gasteiger partial charge is 0.271 e. The number of halogens is 1. The Bertz CT molecular complexity index is 348. The molecule has 0 aromatic carbocycles. The van der Waals surface area contributed by atoms with E-state index in [1.165, 1.54) is 19.3 Å². The van der Waals surface area contributed by atoms with Crippen LogP contribution >= 0.6 is 11.6 Å². The second-order valence-electron chi connectivity index (χ2n) is 3.75. The van der Waals surface area contributed by atoms with Crippen LogP contribution in [0.1, 0.15) is 29.8 Å². The highest BCUT2D eigenvalue weighted by Gasteiger charge is 2.18. The van der Waals surface area contributed by atoms with Gasteiger partial charge in [-0.05, 0) is 30.9 Å². The minimum Gasteiger partial charge on any atom is -0.350 e. The zero-order valence-electron chi connectivity index (χ0n) is 8.24. The van der Waals surface area contributed by atoms with Gasteiger partial charge in [-0.15, -0.1) is 10.2 Å². The van der Waals surface area contributed by atoms with Gasteiger partial charge in [0.15, 0.2) is 10.8 Å². The van der Waals surface area contributed by atoms with Crippen molar-refractivity contribution in [2.24, 2.45) is 5.92 Å². The van der Waals surface area contributed by atoms with E-state index >= 15 is 0 Å². The SMILES string of the molecule is O=C(NCC1CCC1)c1ccc(Cl)nn1. The largest absolute Gasteiger partial charge is 0.350 e. The van der Waals surface area contributed by atoms with Gasteiger partial charge >= 0.3 is 0 Å². The van der Waals surface area contributed by atoms with Crippen molar-refractivity contribution in [2.45, 2.75) is 19.3 Å². The van der Waals surface area contributed by atoms with Gasteiger partial charge in [0.25, 0.3) is 5.91 Å². The normalized spacial score (nSPS) is 15.8. The fraction of sp³-hybridized carbons (Fsp3) is 0.500. The molecule has 2 rings (SSSR count). The van der Waals surface area contributed by atoms with E-state index in [0.717, 1.165) is 6.54 Å². The number of nitrogens with one attached hydrogen (secondary N) is 1. The summed E-state index contributed by atoms with van der Waals surface area (Å²) in [6, 6.07) is 3.14. The van der Waals surface area contributed by atoms with E-state index in [-0.39, 0.29) is 5.91 Å². The Morgan fingerprint density at radius 3 is 2.80 bits per heavy atom. The Balaban J connectivity index is 1.86. The summed E-state index contributed by atoms with van der Waals surface area (Å²) in [6.45, 7) is 0.739. The molecule has 1 aromatic rings. The van der Waals surface area contributed by atoms with Crippen molar-refractivity contribution in [2.75, 3.05) is 6.54 Å².